The molecule has 0 unspecified atom stereocenters. The van der Waals surface area contributed by atoms with Gasteiger partial charge in [0.05, 0.1) is 9.99 Å². The van der Waals surface area contributed by atoms with Crippen LogP contribution in [0.1, 0.15) is 0 Å². The van der Waals surface area contributed by atoms with Crippen LogP contribution in [0.25, 0.3) is 17.0 Å². The summed E-state index contributed by atoms with van der Waals surface area (Å²) in [6.07, 6.45) is 3.36. The first kappa shape index (κ1) is 9.41. The van der Waals surface area contributed by atoms with Gasteiger partial charge in [0.25, 0.3) is 5.95 Å². The van der Waals surface area contributed by atoms with E-state index in [0.29, 0.717) is 5.95 Å². The monoisotopic (exact) mass is 275 g/mol. The molecular weight excluding hydrogens is 270 g/mol. The van der Waals surface area contributed by atoms with Crippen molar-refractivity contribution in [1.82, 2.24) is 25.0 Å². The molecule has 0 saturated heterocycles. The summed E-state index contributed by atoms with van der Waals surface area (Å²) in [5, 5.41) is 8.06. The van der Waals surface area contributed by atoms with Crippen LogP contribution in [-0.4, -0.2) is 25.0 Å². The Morgan fingerprint density at radius 2 is 1.81 bits per heavy atom. The third-order valence-corrected chi connectivity index (χ3v) is 2.56. The van der Waals surface area contributed by atoms with Gasteiger partial charge in [-0.1, -0.05) is 17.3 Å². The van der Waals surface area contributed by atoms with E-state index in [1.807, 2.05) is 24.3 Å². The number of rotatable bonds is 1. The first-order valence-corrected chi connectivity index (χ1v) is 5.42. The molecule has 16 heavy (non-hydrogen) atoms. The topological polar surface area (TPSA) is 56.5 Å². The highest BCUT2D eigenvalue weighted by Gasteiger charge is 2.07. The van der Waals surface area contributed by atoms with E-state index in [1.54, 1.807) is 17.1 Å². The molecule has 0 atom stereocenters. The summed E-state index contributed by atoms with van der Waals surface area (Å²) in [4.78, 5) is 8.35. The predicted molar refractivity (Wildman–Crippen MR) is 62.2 cm³/mol. The maximum atomic E-state index is 4.17. The number of fused-ring (bicyclic) bond motifs is 1. The molecule has 0 N–H and O–H groups in total. The Hall–Kier alpha value is -1.82. The molecule has 0 amide bonds. The third-order valence-electron chi connectivity index (χ3n) is 2.15. The average molecular weight is 276 g/mol. The van der Waals surface area contributed by atoms with Crippen molar-refractivity contribution < 1.29 is 0 Å². The lowest BCUT2D eigenvalue weighted by atomic mass is 10.3. The summed E-state index contributed by atoms with van der Waals surface area (Å²) >= 11 is 3.29. The number of nitrogens with zero attached hydrogens (tertiary/aromatic N) is 5. The molecule has 3 rings (SSSR count). The normalized spacial score (nSPS) is 10.8. The van der Waals surface area contributed by atoms with Crippen LogP contribution in [0.3, 0.4) is 0 Å². The maximum absolute atomic E-state index is 4.17. The number of benzene rings is 1. The minimum Gasteiger partial charge on any atom is -0.218 e. The van der Waals surface area contributed by atoms with Crippen LogP contribution >= 0.6 is 15.9 Å². The smallest absolute Gasteiger partial charge is 0.218 e. The summed E-state index contributed by atoms with van der Waals surface area (Å²) in [6, 6.07) is 7.68. The van der Waals surface area contributed by atoms with Crippen molar-refractivity contribution in [3.8, 4) is 5.95 Å². The van der Waals surface area contributed by atoms with Gasteiger partial charge in [-0.15, -0.1) is 5.10 Å². The Kier molecular flexibility index (Phi) is 2.14. The Balaban J connectivity index is 2.22. The molecule has 0 saturated carbocycles. The minimum atomic E-state index is 0.511. The maximum Gasteiger partial charge on any atom is 0.252 e. The van der Waals surface area contributed by atoms with Crippen molar-refractivity contribution in [3.05, 3.63) is 41.1 Å². The van der Waals surface area contributed by atoms with E-state index in [2.05, 4.69) is 36.2 Å². The second-order valence-corrected chi connectivity index (χ2v) is 4.11. The molecule has 6 heteroatoms. The average Bonchev–Trinajstić information content (AvgIpc) is 2.74. The first-order valence-electron chi connectivity index (χ1n) is 4.63. The molecule has 0 aliphatic heterocycles. The van der Waals surface area contributed by atoms with Gasteiger partial charge in [-0.05, 0) is 28.1 Å². The highest BCUT2D eigenvalue weighted by molar-refractivity contribution is 9.10. The number of aromatic nitrogens is 5. The Morgan fingerprint density at radius 1 is 1.06 bits per heavy atom. The van der Waals surface area contributed by atoms with Crippen LogP contribution in [0.15, 0.2) is 41.1 Å². The molecular formula is C10H6BrN5. The number of halogens is 1. The van der Waals surface area contributed by atoms with Gasteiger partial charge < -0.3 is 0 Å². The quantitative estimate of drug-likeness (QED) is 0.682. The summed E-state index contributed by atoms with van der Waals surface area (Å²) in [5.41, 5.74) is 1.72. The summed E-state index contributed by atoms with van der Waals surface area (Å²) < 4.78 is 2.45. The van der Waals surface area contributed by atoms with Crippen molar-refractivity contribution in [3.63, 3.8) is 0 Å². The molecule has 0 fully saturated rings. The van der Waals surface area contributed by atoms with Crippen LogP contribution in [0, 0.1) is 0 Å². The van der Waals surface area contributed by atoms with Gasteiger partial charge >= 0.3 is 0 Å². The molecule has 2 heterocycles. The van der Waals surface area contributed by atoms with Crippen molar-refractivity contribution in [1.29, 1.82) is 0 Å². The van der Waals surface area contributed by atoms with Crippen LogP contribution in [-0.2, 0) is 0 Å². The predicted octanol–water partition coefficient (Wildman–Crippen LogP) is 1.97. The third kappa shape index (κ3) is 1.47. The fraction of sp³-hybridized carbons (Fsp3) is 0. The van der Waals surface area contributed by atoms with Crippen LogP contribution < -0.4 is 0 Å². The number of hydrogen-bond donors (Lipinski definition) is 0. The van der Waals surface area contributed by atoms with Gasteiger partial charge in [0.15, 0.2) is 0 Å². The van der Waals surface area contributed by atoms with Crippen molar-refractivity contribution in [2.75, 3.05) is 0 Å². The van der Waals surface area contributed by atoms with E-state index in [9.17, 15) is 0 Å². The molecule has 0 aliphatic rings. The first-order chi connectivity index (χ1) is 7.84. The van der Waals surface area contributed by atoms with Gasteiger partial charge in [-0.25, -0.2) is 9.97 Å². The van der Waals surface area contributed by atoms with E-state index in [0.717, 1.165) is 15.5 Å². The Labute approximate surface area is 99.3 Å². The zero-order valence-electron chi connectivity index (χ0n) is 8.08. The molecule has 78 valence electrons. The number of para-hydroxylation sites is 1. The molecule has 0 spiro atoms. The van der Waals surface area contributed by atoms with Crippen LogP contribution in [0.4, 0.5) is 0 Å². The number of hydrogen-bond acceptors (Lipinski definition) is 4. The van der Waals surface area contributed by atoms with Crippen LogP contribution in [0.2, 0.25) is 0 Å². The van der Waals surface area contributed by atoms with Gasteiger partial charge in [0.1, 0.15) is 5.52 Å². The van der Waals surface area contributed by atoms with Crippen molar-refractivity contribution in [2.24, 2.45) is 0 Å². The largest absolute Gasteiger partial charge is 0.252 e. The van der Waals surface area contributed by atoms with E-state index >= 15 is 0 Å². The summed E-state index contributed by atoms with van der Waals surface area (Å²) in [6.45, 7) is 0. The van der Waals surface area contributed by atoms with E-state index in [1.165, 1.54) is 0 Å². The van der Waals surface area contributed by atoms with Crippen LogP contribution in [0.5, 0.6) is 0 Å². The molecule has 1 aromatic carbocycles. The van der Waals surface area contributed by atoms with Gasteiger partial charge in [-0.3, -0.25) is 0 Å². The Morgan fingerprint density at radius 3 is 2.62 bits per heavy atom. The van der Waals surface area contributed by atoms with Crippen molar-refractivity contribution >= 4 is 27.0 Å². The van der Waals surface area contributed by atoms with Crippen molar-refractivity contribution in [2.45, 2.75) is 0 Å². The fourth-order valence-electron chi connectivity index (χ4n) is 1.43. The standard InChI is InChI=1S/C10H6BrN5/c11-7-5-12-10(13-6-7)16-9-4-2-1-3-8(9)14-15-16/h1-6H. The van der Waals surface area contributed by atoms with E-state index in [-0.39, 0.29) is 0 Å². The van der Waals surface area contributed by atoms with Gasteiger partial charge in [-0.2, -0.15) is 4.68 Å². The van der Waals surface area contributed by atoms with E-state index < -0.39 is 0 Å². The molecule has 2 aromatic heterocycles. The SMILES string of the molecule is Brc1cnc(-n2nnc3ccccc32)nc1. The molecule has 5 nitrogen and oxygen atoms in total. The minimum absolute atomic E-state index is 0.511. The lowest BCUT2D eigenvalue weighted by Gasteiger charge is -1.98. The summed E-state index contributed by atoms with van der Waals surface area (Å²) in [5.74, 6) is 0.511. The molecule has 3 aromatic rings. The fourth-order valence-corrected chi connectivity index (χ4v) is 1.64. The molecule has 0 radical (unpaired) electrons. The van der Waals surface area contributed by atoms with Gasteiger partial charge in [0.2, 0.25) is 0 Å². The lowest BCUT2D eigenvalue weighted by molar-refractivity contribution is 0.772. The summed E-state index contributed by atoms with van der Waals surface area (Å²) in [7, 11) is 0. The molecule has 0 bridgehead atoms. The Bertz CT molecular complexity index is 631. The second-order valence-electron chi connectivity index (χ2n) is 3.19. The van der Waals surface area contributed by atoms with E-state index in [4.69, 9.17) is 0 Å². The lowest BCUT2D eigenvalue weighted by Crippen LogP contribution is -2.02. The zero-order chi connectivity index (χ0) is 11.0. The highest BCUT2D eigenvalue weighted by Crippen LogP contribution is 2.13. The molecule has 0 aliphatic carbocycles. The zero-order valence-corrected chi connectivity index (χ0v) is 9.66. The highest BCUT2D eigenvalue weighted by atomic mass is 79.9. The second kappa shape index (κ2) is 3.64. The van der Waals surface area contributed by atoms with Gasteiger partial charge in [0, 0.05) is 12.4 Å².